The van der Waals surface area contributed by atoms with Gasteiger partial charge in [0, 0.05) is 26.2 Å². The van der Waals surface area contributed by atoms with Gasteiger partial charge < -0.3 is 19.9 Å². The van der Waals surface area contributed by atoms with E-state index in [-0.39, 0.29) is 5.69 Å². The predicted octanol–water partition coefficient (Wildman–Crippen LogP) is 4.13. The maximum Gasteiger partial charge on any atom is 0.416 e. The van der Waals surface area contributed by atoms with Crippen molar-refractivity contribution in [1.82, 2.24) is 4.90 Å². The van der Waals surface area contributed by atoms with E-state index >= 15 is 0 Å². The van der Waals surface area contributed by atoms with Crippen molar-refractivity contribution in [3.05, 3.63) is 59.2 Å². The van der Waals surface area contributed by atoms with Crippen LogP contribution >= 0.6 is 0 Å². The Balaban J connectivity index is 1.58. The van der Waals surface area contributed by atoms with Crippen LogP contribution < -0.4 is 10.2 Å². The van der Waals surface area contributed by atoms with Gasteiger partial charge in [-0.3, -0.25) is 0 Å². The Bertz CT molecular complexity index is 895. The number of amides is 2. The number of rotatable bonds is 2. The first-order chi connectivity index (χ1) is 13.9. The molecule has 29 heavy (non-hydrogen) atoms. The first-order valence-electron chi connectivity index (χ1n) is 9.58. The first kappa shape index (κ1) is 19.6. The molecule has 2 aromatic carbocycles. The Morgan fingerprint density at radius 2 is 1.72 bits per heavy atom. The van der Waals surface area contributed by atoms with Gasteiger partial charge in [-0.05, 0) is 35.7 Å². The quantitative estimate of drug-likeness (QED) is 0.817. The van der Waals surface area contributed by atoms with Crippen LogP contribution in [0.15, 0.2) is 42.5 Å². The fourth-order valence-corrected chi connectivity index (χ4v) is 3.76. The molecule has 2 amide bonds. The second kappa shape index (κ2) is 7.94. The summed E-state index contributed by atoms with van der Waals surface area (Å²) in [5.74, 6) is 0. The molecule has 5 nitrogen and oxygen atoms in total. The van der Waals surface area contributed by atoms with E-state index in [1.807, 2.05) is 29.2 Å². The van der Waals surface area contributed by atoms with Crippen LogP contribution in [0.5, 0.6) is 0 Å². The fraction of sp³-hybridized carbons (Fsp3) is 0.381. The van der Waals surface area contributed by atoms with Gasteiger partial charge in [0.2, 0.25) is 0 Å². The molecular weight excluding hydrogens is 383 g/mol. The maximum absolute atomic E-state index is 13.2. The lowest BCUT2D eigenvalue weighted by atomic mass is 10.0. The number of halogens is 3. The number of carbonyl (C=O) groups excluding carboxylic acids is 1. The van der Waals surface area contributed by atoms with Crippen LogP contribution in [0.2, 0.25) is 0 Å². The van der Waals surface area contributed by atoms with E-state index in [2.05, 4.69) is 5.32 Å². The summed E-state index contributed by atoms with van der Waals surface area (Å²) in [6.45, 7) is 3.08. The van der Waals surface area contributed by atoms with Crippen molar-refractivity contribution in [2.45, 2.75) is 19.1 Å². The maximum atomic E-state index is 13.2. The summed E-state index contributed by atoms with van der Waals surface area (Å²) in [4.78, 5) is 16.4. The zero-order valence-electron chi connectivity index (χ0n) is 15.8. The van der Waals surface area contributed by atoms with Gasteiger partial charge in [-0.25, -0.2) is 4.79 Å². The SMILES string of the molecule is O=C(Nc1cc(C(F)(F)F)ccc1N1CCOCC1)N1CCc2ccccc2C1. The molecule has 0 aliphatic carbocycles. The van der Waals surface area contributed by atoms with Crippen LogP contribution in [0.1, 0.15) is 16.7 Å². The van der Waals surface area contributed by atoms with Crippen molar-refractivity contribution in [3.63, 3.8) is 0 Å². The topological polar surface area (TPSA) is 44.8 Å². The molecule has 8 heteroatoms. The number of morpholine rings is 1. The molecule has 2 aliphatic rings. The van der Waals surface area contributed by atoms with Crippen LogP contribution in [0.25, 0.3) is 0 Å². The third-order valence-corrected chi connectivity index (χ3v) is 5.34. The average molecular weight is 405 g/mol. The first-order valence-corrected chi connectivity index (χ1v) is 9.58. The highest BCUT2D eigenvalue weighted by Crippen LogP contribution is 2.36. The minimum Gasteiger partial charge on any atom is -0.378 e. The molecule has 0 atom stereocenters. The molecule has 154 valence electrons. The Morgan fingerprint density at radius 3 is 2.45 bits per heavy atom. The Morgan fingerprint density at radius 1 is 1.00 bits per heavy atom. The Kier molecular flexibility index (Phi) is 5.36. The lowest BCUT2D eigenvalue weighted by Gasteiger charge is -2.32. The van der Waals surface area contributed by atoms with Crippen molar-refractivity contribution in [2.24, 2.45) is 0 Å². The number of alkyl halides is 3. The van der Waals surface area contributed by atoms with Crippen LogP contribution in [-0.4, -0.2) is 43.8 Å². The summed E-state index contributed by atoms with van der Waals surface area (Å²) >= 11 is 0. The number of carbonyl (C=O) groups is 1. The summed E-state index contributed by atoms with van der Waals surface area (Å²) in [6, 6.07) is 11.0. The normalized spacial score (nSPS) is 17.1. The summed E-state index contributed by atoms with van der Waals surface area (Å²) in [7, 11) is 0. The minimum absolute atomic E-state index is 0.172. The monoisotopic (exact) mass is 405 g/mol. The number of urea groups is 1. The third kappa shape index (κ3) is 4.32. The fourth-order valence-electron chi connectivity index (χ4n) is 3.76. The number of hydrogen-bond donors (Lipinski definition) is 1. The van der Waals surface area contributed by atoms with Crippen molar-refractivity contribution in [1.29, 1.82) is 0 Å². The summed E-state index contributed by atoms with van der Waals surface area (Å²) in [5, 5.41) is 2.73. The van der Waals surface area contributed by atoms with E-state index in [1.54, 1.807) is 4.90 Å². The van der Waals surface area contributed by atoms with Gasteiger partial charge in [0.05, 0.1) is 30.2 Å². The highest BCUT2D eigenvalue weighted by atomic mass is 19.4. The molecular formula is C21H22F3N3O2. The van der Waals surface area contributed by atoms with Gasteiger partial charge >= 0.3 is 12.2 Å². The van der Waals surface area contributed by atoms with Gasteiger partial charge in [-0.1, -0.05) is 24.3 Å². The van der Waals surface area contributed by atoms with Gasteiger partial charge in [0.15, 0.2) is 0 Å². The van der Waals surface area contributed by atoms with Gasteiger partial charge in [-0.2, -0.15) is 13.2 Å². The second-order valence-corrected chi connectivity index (χ2v) is 7.20. The minimum atomic E-state index is -4.48. The Hall–Kier alpha value is -2.74. The molecule has 1 N–H and O–H groups in total. The van der Waals surface area contributed by atoms with Crippen LogP contribution in [0.4, 0.5) is 29.3 Å². The number of ether oxygens (including phenoxy) is 1. The summed E-state index contributed by atoms with van der Waals surface area (Å²) in [5.41, 5.74) is 2.22. The number of nitrogens with one attached hydrogen (secondary N) is 1. The van der Waals surface area contributed by atoms with E-state index < -0.39 is 17.8 Å². The lowest BCUT2D eigenvalue weighted by Crippen LogP contribution is -2.40. The zero-order valence-corrected chi connectivity index (χ0v) is 15.8. The second-order valence-electron chi connectivity index (χ2n) is 7.20. The standard InChI is InChI=1S/C21H22F3N3O2/c22-21(23,24)17-5-6-19(26-9-11-29-12-10-26)18(13-17)25-20(28)27-8-7-15-3-1-2-4-16(15)14-27/h1-6,13H,7-12,14H2,(H,25,28). The predicted molar refractivity (Wildman–Crippen MR) is 104 cm³/mol. The molecule has 1 fully saturated rings. The van der Waals surface area contributed by atoms with Gasteiger partial charge in [0.1, 0.15) is 0 Å². The van der Waals surface area contributed by atoms with E-state index in [0.717, 1.165) is 24.1 Å². The van der Waals surface area contributed by atoms with Gasteiger partial charge in [-0.15, -0.1) is 0 Å². The number of benzene rings is 2. The molecule has 0 aromatic heterocycles. The molecule has 2 heterocycles. The molecule has 2 aromatic rings. The van der Waals surface area contributed by atoms with Crippen LogP contribution in [0.3, 0.4) is 0 Å². The molecule has 0 saturated carbocycles. The number of anilines is 2. The van der Waals surface area contributed by atoms with Crippen molar-refractivity contribution in [3.8, 4) is 0 Å². The molecule has 0 radical (unpaired) electrons. The summed E-state index contributed by atoms with van der Waals surface area (Å²) < 4.78 is 45.1. The average Bonchev–Trinajstić information content (AvgIpc) is 2.73. The van der Waals surface area contributed by atoms with Crippen molar-refractivity contribution in [2.75, 3.05) is 43.1 Å². The molecule has 2 aliphatic heterocycles. The number of nitrogens with zero attached hydrogens (tertiary/aromatic N) is 2. The largest absolute Gasteiger partial charge is 0.416 e. The van der Waals surface area contributed by atoms with Crippen molar-refractivity contribution >= 4 is 17.4 Å². The van der Waals surface area contributed by atoms with Gasteiger partial charge in [0.25, 0.3) is 0 Å². The van der Waals surface area contributed by atoms with Crippen LogP contribution in [-0.2, 0) is 23.9 Å². The van der Waals surface area contributed by atoms with Crippen LogP contribution in [0, 0.1) is 0 Å². The smallest absolute Gasteiger partial charge is 0.378 e. The molecule has 0 spiro atoms. The number of hydrogen-bond acceptors (Lipinski definition) is 3. The highest BCUT2D eigenvalue weighted by molar-refractivity contribution is 5.93. The van der Waals surface area contributed by atoms with E-state index in [1.165, 1.54) is 11.6 Å². The van der Waals surface area contributed by atoms with E-state index in [9.17, 15) is 18.0 Å². The third-order valence-electron chi connectivity index (χ3n) is 5.34. The zero-order chi connectivity index (χ0) is 20.4. The Labute approximate surface area is 167 Å². The number of fused-ring (bicyclic) bond motifs is 1. The highest BCUT2D eigenvalue weighted by Gasteiger charge is 2.32. The molecule has 0 bridgehead atoms. The van der Waals surface area contributed by atoms with E-state index in [4.69, 9.17) is 4.74 Å². The molecule has 4 rings (SSSR count). The van der Waals surface area contributed by atoms with E-state index in [0.29, 0.717) is 45.1 Å². The molecule has 0 unspecified atom stereocenters. The molecule has 1 saturated heterocycles. The summed E-state index contributed by atoms with van der Waals surface area (Å²) in [6.07, 6.45) is -3.75. The lowest BCUT2D eigenvalue weighted by molar-refractivity contribution is -0.137. The van der Waals surface area contributed by atoms with Crippen molar-refractivity contribution < 1.29 is 22.7 Å².